The van der Waals surface area contributed by atoms with E-state index < -0.39 is 6.04 Å². The van der Waals surface area contributed by atoms with Crippen LogP contribution in [0.2, 0.25) is 0 Å². The number of hydrogen-bond donors (Lipinski definition) is 3. The van der Waals surface area contributed by atoms with Gasteiger partial charge in [-0.15, -0.1) is 0 Å². The molecule has 146 valence electrons. The number of H-pyrrole nitrogens is 1. The van der Waals surface area contributed by atoms with Crippen molar-refractivity contribution in [3.05, 3.63) is 65.4 Å². The third kappa shape index (κ3) is 4.25. The van der Waals surface area contributed by atoms with Gasteiger partial charge in [-0.3, -0.25) is 9.59 Å². The largest absolute Gasteiger partial charge is 0.361 e. The molecule has 3 aromatic rings. The van der Waals surface area contributed by atoms with E-state index in [0.29, 0.717) is 6.42 Å². The number of carbonyl (C=O) groups excluding carboxylic acids is 2. The summed E-state index contributed by atoms with van der Waals surface area (Å²) in [5.41, 5.74) is 5.09. The Balaban J connectivity index is 1.88. The Labute approximate surface area is 165 Å². The summed E-state index contributed by atoms with van der Waals surface area (Å²) in [5, 5.41) is 6.96. The van der Waals surface area contributed by atoms with Gasteiger partial charge in [0.05, 0.1) is 0 Å². The minimum Gasteiger partial charge on any atom is -0.361 e. The van der Waals surface area contributed by atoms with Gasteiger partial charge in [0.1, 0.15) is 6.04 Å². The molecule has 0 saturated carbocycles. The molecule has 2 amide bonds. The number of amides is 2. The van der Waals surface area contributed by atoms with Crippen LogP contribution in [0.4, 0.5) is 5.69 Å². The van der Waals surface area contributed by atoms with Gasteiger partial charge in [-0.2, -0.15) is 0 Å². The maximum Gasteiger partial charge on any atom is 0.247 e. The number of para-hydroxylation sites is 2. The third-order valence-corrected chi connectivity index (χ3v) is 5.04. The van der Waals surface area contributed by atoms with Gasteiger partial charge in [0.25, 0.3) is 0 Å². The second kappa shape index (κ2) is 8.74. The van der Waals surface area contributed by atoms with E-state index in [-0.39, 0.29) is 11.8 Å². The average molecular weight is 377 g/mol. The maximum absolute atomic E-state index is 13.1. The van der Waals surface area contributed by atoms with E-state index in [1.54, 1.807) is 0 Å². The molecule has 5 nitrogen and oxygen atoms in total. The lowest BCUT2D eigenvalue weighted by Gasteiger charge is -2.20. The van der Waals surface area contributed by atoms with Gasteiger partial charge < -0.3 is 15.6 Å². The Hall–Kier alpha value is -3.08. The van der Waals surface area contributed by atoms with Crippen molar-refractivity contribution in [1.29, 1.82) is 0 Å². The highest BCUT2D eigenvalue weighted by Gasteiger charge is 2.23. The summed E-state index contributed by atoms with van der Waals surface area (Å²) in [6.07, 6.45) is 3.99. The third-order valence-electron chi connectivity index (χ3n) is 5.04. The van der Waals surface area contributed by atoms with Gasteiger partial charge in [-0.1, -0.05) is 50.2 Å². The second-order valence-corrected chi connectivity index (χ2v) is 6.96. The number of aromatic amines is 1. The number of benzene rings is 2. The predicted octanol–water partition coefficient (Wildman–Crippen LogP) is 3.98. The summed E-state index contributed by atoms with van der Waals surface area (Å²) in [5.74, 6) is -0.421. The molecule has 1 aromatic heterocycles. The standard InChI is InChI=1S/C23H27N3O2/c1-4-16-9-8-10-17(5-2)22(16)26-23(28)21(25-15(3)27)13-18-14-24-20-12-7-6-11-19(18)20/h6-12,14,21,24H,4-5,13H2,1-3H3,(H,25,27)(H,26,28)/t21-/m0/s1. The molecule has 0 aliphatic carbocycles. The molecule has 0 radical (unpaired) electrons. The van der Waals surface area contributed by atoms with Crippen molar-refractivity contribution in [2.45, 2.75) is 46.1 Å². The zero-order chi connectivity index (χ0) is 20.1. The highest BCUT2D eigenvalue weighted by atomic mass is 16.2. The molecule has 0 bridgehead atoms. The molecule has 3 rings (SSSR count). The molecule has 2 aromatic carbocycles. The molecule has 0 spiro atoms. The van der Waals surface area contributed by atoms with Crippen molar-refractivity contribution in [3.8, 4) is 0 Å². The van der Waals surface area contributed by atoms with Crippen molar-refractivity contribution >= 4 is 28.4 Å². The number of aromatic nitrogens is 1. The summed E-state index contributed by atoms with van der Waals surface area (Å²) < 4.78 is 0. The van der Waals surface area contributed by atoms with Crippen molar-refractivity contribution in [2.24, 2.45) is 0 Å². The molecular formula is C23H27N3O2. The van der Waals surface area contributed by atoms with Crippen molar-refractivity contribution in [1.82, 2.24) is 10.3 Å². The topological polar surface area (TPSA) is 74.0 Å². The molecule has 5 heteroatoms. The van der Waals surface area contributed by atoms with E-state index in [1.807, 2.05) is 48.7 Å². The van der Waals surface area contributed by atoms with Crippen LogP contribution in [0.15, 0.2) is 48.7 Å². The van der Waals surface area contributed by atoms with Crippen LogP contribution < -0.4 is 10.6 Å². The van der Waals surface area contributed by atoms with Crippen molar-refractivity contribution < 1.29 is 9.59 Å². The van der Waals surface area contributed by atoms with E-state index in [2.05, 4.69) is 29.5 Å². The van der Waals surface area contributed by atoms with Gasteiger partial charge in [-0.25, -0.2) is 0 Å². The van der Waals surface area contributed by atoms with Gasteiger partial charge >= 0.3 is 0 Å². The van der Waals surface area contributed by atoms with E-state index in [4.69, 9.17) is 0 Å². The quantitative estimate of drug-likeness (QED) is 0.583. The highest BCUT2D eigenvalue weighted by molar-refractivity contribution is 5.98. The number of hydrogen-bond acceptors (Lipinski definition) is 2. The minimum atomic E-state index is -0.647. The first-order chi connectivity index (χ1) is 13.5. The van der Waals surface area contributed by atoms with Crippen LogP contribution in [0.1, 0.15) is 37.5 Å². The van der Waals surface area contributed by atoms with Gasteiger partial charge in [0, 0.05) is 36.1 Å². The molecule has 28 heavy (non-hydrogen) atoms. The first kappa shape index (κ1) is 19.7. The fourth-order valence-electron chi connectivity index (χ4n) is 3.59. The average Bonchev–Trinajstić information content (AvgIpc) is 3.10. The van der Waals surface area contributed by atoms with E-state index in [1.165, 1.54) is 6.92 Å². The fraction of sp³-hybridized carbons (Fsp3) is 0.304. The van der Waals surface area contributed by atoms with E-state index >= 15 is 0 Å². The van der Waals surface area contributed by atoms with E-state index in [0.717, 1.165) is 46.1 Å². The Kier molecular flexibility index (Phi) is 6.14. The summed E-state index contributed by atoms with van der Waals surface area (Å²) >= 11 is 0. The monoisotopic (exact) mass is 377 g/mol. The van der Waals surface area contributed by atoms with Crippen LogP contribution >= 0.6 is 0 Å². The number of anilines is 1. The molecule has 0 fully saturated rings. The minimum absolute atomic E-state index is 0.198. The van der Waals surface area contributed by atoms with Gasteiger partial charge in [-0.05, 0) is 35.6 Å². The molecule has 3 N–H and O–H groups in total. The lowest BCUT2D eigenvalue weighted by atomic mass is 10.0. The molecular weight excluding hydrogens is 350 g/mol. The number of carbonyl (C=O) groups is 2. The van der Waals surface area contributed by atoms with Crippen LogP contribution in [-0.4, -0.2) is 22.8 Å². The van der Waals surface area contributed by atoms with Crippen LogP contribution in [0.5, 0.6) is 0 Å². The Morgan fingerprint density at radius 1 is 0.964 bits per heavy atom. The highest BCUT2D eigenvalue weighted by Crippen LogP contribution is 2.24. The predicted molar refractivity (Wildman–Crippen MR) is 113 cm³/mol. The molecule has 0 saturated heterocycles. The Morgan fingerprint density at radius 2 is 1.64 bits per heavy atom. The molecule has 1 heterocycles. The molecule has 0 aliphatic heterocycles. The first-order valence-corrected chi connectivity index (χ1v) is 9.77. The molecule has 0 aliphatic rings. The molecule has 0 unspecified atom stereocenters. The number of aryl methyl sites for hydroxylation is 2. The zero-order valence-corrected chi connectivity index (χ0v) is 16.6. The lowest BCUT2D eigenvalue weighted by Crippen LogP contribution is -2.44. The van der Waals surface area contributed by atoms with Crippen molar-refractivity contribution in [3.63, 3.8) is 0 Å². The van der Waals surface area contributed by atoms with Crippen LogP contribution in [0.25, 0.3) is 10.9 Å². The summed E-state index contributed by atoms with van der Waals surface area (Å²) in [6, 6.07) is 13.4. The zero-order valence-electron chi connectivity index (χ0n) is 16.6. The molecule has 1 atom stereocenters. The van der Waals surface area contributed by atoms with E-state index in [9.17, 15) is 9.59 Å². The van der Waals surface area contributed by atoms with Crippen molar-refractivity contribution in [2.75, 3.05) is 5.32 Å². The summed E-state index contributed by atoms with van der Waals surface area (Å²) in [4.78, 5) is 28.1. The Bertz CT molecular complexity index is 968. The summed E-state index contributed by atoms with van der Waals surface area (Å²) in [6.45, 7) is 5.58. The van der Waals surface area contributed by atoms with Crippen LogP contribution in [0.3, 0.4) is 0 Å². The smallest absolute Gasteiger partial charge is 0.247 e. The normalized spacial score (nSPS) is 12.0. The van der Waals surface area contributed by atoms with Gasteiger partial charge in [0.2, 0.25) is 11.8 Å². The fourth-order valence-corrected chi connectivity index (χ4v) is 3.59. The number of rotatable bonds is 7. The lowest BCUT2D eigenvalue weighted by molar-refractivity contribution is -0.125. The SMILES string of the molecule is CCc1cccc(CC)c1NC(=O)[C@H](Cc1c[nH]c2ccccc12)NC(C)=O. The first-order valence-electron chi connectivity index (χ1n) is 9.77. The van der Waals surface area contributed by atoms with Crippen LogP contribution in [-0.2, 0) is 28.9 Å². The number of fused-ring (bicyclic) bond motifs is 1. The number of nitrogens with one attached hydrogen (secondary N) is 3. The maximum atomic E-state index is 13.1. The Morgan fingerprint density at radius 3 is 2.29 bits per heavy atom. The van der Waals surface area contributed by atoms with Crippen LogP contribution in [0, 0.1) is 0 Å². The second-order valence-electron chi connectivity index (χ2n) is 6.96. The summed E-state index contributed by atoms with van der Waals surface area (Å²) in [7, 11) is 0. The van der Waals surface area contributed by atoms with Gasteiger partial charge in [0.15, 0.2) is 0 Å².